The fourth-order valence-electron chi connectivity index (χ4n) is 3.94. The molecule has 4 aromatic rings. The molecular weight excluding hydrogens is 484 g/mol. The quantitative estimate of drug-likeness (QED) is 0.310. The lowest BCUT2D eigenvalue weighted by atomic mass is 10.0. The minimum atomic E-state index is -0.972. The molecule has 0 spiro atoms. The molecule has 4 rings (SSSR count). The average molecular weight is 517 g/mol. The Labute approximate surface area is 221 Å². The van der Waals surface area contributed by atoms with Crippen LogP contribution in [0.25, 0.3) is 11.4 Å². The van der Waals surface area contributed by atoms with Gasteiger partial charge >= 0.3 is 0 Å². The molecule has 0 saturated carbocycles. The van der Waals surface area contributed by atoms with E-state index in [0.29, 0.717) is 29.6 Å². The van der Waals surface area contributed by atoms with Crippen molar-refractivity contribution in [3.8, 4) is 17.1 Å². The number of hydrogen-bond donors (Lipinski definition) is 2. The van der Waals surface area contributed by atoms with E-state index in [1.807, 2.05) is 31.2 Å². The van der Waals surface area contributed by atoms with E-state index in [9.17, 15) is 14.7 Å². The highest BCUT2D eigenvalue weighted by Crippen LogP contribution is 2.26. The van der Waals surface area contributed by atoms with Gasteiger partial charge in [0.2, 0.25) is 17.6 Å². The number of tetrazole rings is 1. The Bertz CT molecular complexity index is 1330. The van der Waals surface area contributed by atoms with Crippen LogP contribution >= 0.6 is 0 Å². The van der Waals surface area contributed by atoms with E-state index in [-0.39, 0.29) is 24.7 Å². The van der Waals surface area contributed by atoms with Crippen LogP contribution in [0.2, 0.25) is 0 Å². The zero-order valence-corrected chi connectivity index (χ0v) is 21.7. The number of hydrogen-bond acceptors (Lipinski definition) is 7. The van der Waals surface area contributed by atoms with Gasteiger partial charge in [-0.3, -0.25) is 9.59 Å². The van der Waals surface area contributed by atoms with E-state index in [4.69, 9.17) is 4.42 Å². The topological polar surface area (TPSA) is 126 Å². The Balaban J connectivity index is 1.62. The Morgan fingerprint density at radius 3 is 2.47 bits per heavy atom. The summed E-state index contributed by atoms with van der Waals surface area (Å²) in [6.07, 6.45) is 2.31. The van der Waals surface area contributed by atoms with Crippen molar-refractivity contribution in [3.63, 3.8) is 0 Å². The molecule has 2 aromatic carbocycles. The number of amides is 2. The van der Waals surface area contributed by atoms with E-state index in [1.165, 1.54) is 28.1 Å². The first-order valence-electron chi connectivity index (χ1n) is 12.5. The Morgan fingerprint density at radius 2 is 1.82 bits per heavy atom. The SMILES string of the molecule is Cc1ccc(-c2nnn(CC(=O)N(Cc3ccco3)[C@H](C(=O)NCCC(C)C)c3ccc(O)cc3)n2)cc1. The molecule has 0 saturated heterocycles. The van der Waals surface area contributed by atoms with E-state index in [1.54, 1.807) is 24.3 Å². The summed E-state index contributed by atoms with van der Waals surface area (Å²) in [7, 11) is 0. The molecule has 10 heteroatoms. The fraction of sp³-hybridized carbons (Fsp3) is 0.321. The molecule has 198 valence electrons. The number of benzene rings is 2. The summed E-state index contributed by atoms with van der Waals surface area (Å²) in [5, 5.41) is 25.3. The van der Waals surface area contributed by atoms with E-state index in [2.05, 4.69) is 34.6 Å². The third kappa shape index (κ3) is 6.84. The largest absolute Gasteiger partial charge is 0.508 e. The summed E-state index contributed by atoms with van der Waals surface area (Å²) in [6, 6.07) is 16.4. The lowest BCUT2D eigenvalue weighted by Crippen LogP contribution is -2.45. The van der Waals surface area contributed by atoms with Gasteiger partial charge in [0.25, 0.3) is 0 Å². The third-order valence-corrected chi connectivity index (χ3v) is 6.06. The van der Waals surface area contributed by atoms with E-state index in [0.717, 1.165) is 17.5 Å². The molecule has 2 aromatic heterocycles. The van der Waals surface area contributed by atoms with Crippen LogP contribution in [0, 0.1) is 12.8 Å². The van der Waals surface area contributed by atoms with Crippen LogP contribution in [0.5, 0.6) is 5.75 Å². The van der Waals surface area contributed by atoms with E-state index < -0.39 is 11.9 Å². The number of aryl methyl sites for hydroxylation is 1. The molecular formula is C28H32N6O4. The number of aromatic nitrogens is 4. The minimum Gasteiger partial charge on any atom is -0.508 e. The van der Waals surface area contributed by atoms with Gasteiger partial charge in [0.05, 0.1) is 12.8 Å². The van der Waals surface area contributed by atoms with Crippen LogP contribution in [0.15, 0.2) is 71.3 Å². The number of carbonyl (C=O) groups is 2. The third-order valence-electron chi connectivity index (χ3n) is 6.06. The summed E-state index contributed by atoms with van der Waals surface area (Å²) >= 11 is 0. The van der Waals surface area contributed by atoms with Crippen LogP contribution in [0.4, 0.5) is 0 Å². The van der Waals surface area contributed by atoms with Gasteiger partial charge in [-0.05, 0) is 54.3 Å². The molecule has 0 unspecified atom stereocenters. The van der Waals surface area contributed by atoms with Gasteiger partial charge in [0.15, 0.2) is 0 Å². The van der Waals surface area contributed by atoms with Gasteiger partial charge < -0.3 is 19.7 Å². The maximum atomic E-state index is 13.7. The molecule has 2 N–H and O–H groups in total. The second-order valence-electron chi connectivity index (χ2n) is 9.58. The molecule has 0 aliphatic heterocycles. The highest BCUT2D eigenvalue weighted by Gasteiger charge is 2.32. The molecule has 0 aliphatic rings. The predicted octanol–water partition coefficient (Wildman–Crippen LogP) is 3.88. The summed E-state index contributed by atoms with van der Waals surface area (Å²) in [5.74, 6) is 0.659. The van der Waals surface area contributed by atoms with Gasteiger partial charge in [-0.2, -0.15) is 4.80 Å². The Kier molecular flexibility index (Phi) is 8.52. The highest BCUT2D eigenvalue weighted by atomic mass is 16.3. The fourth-order valence-corrected chi connectivity index (χ4v) is 3.94. The van der Waals surface area contributed by atoms with Crippen LogP contribution < -0.4 is 5.32 Å². The van der Waals surface area contributed by atoms with Crippen molar-refractivity contribution in [2.75, 3.05) is 6.54 Å². The Hall–Kier alpha value is -4.47. The molecule has 0 bridgehead atoms. The highest BCUT2D eigenvalue weighted by molar-refractivity contribution is 5.88. The van der Waals surface area contributed by atoms with Gasteiger partial charge in [-0.15, -0.1) is 10.2 Å². The second-order valence-corrected chi connectivity index (χ2v) is 9.58. The lowest BCUT2D eigenvalue weighted by Gasteiger charge is -2.30. The number of carbonyl (C=O) groups excluding carboxylic acids is 2. The number of nitrogens with zero attached hydrogens (tertiary/aromatic N) is 5. The standard InChI is InChI=1S/C28H32N6O4/c1-19(2)14-15-29-28(37)26(21-10-12-23(35)13-11-21)33(17-24-5-4-16-38-24)25(36)18-34-31-27(30-32-34)22-8-6-20(3)7-9-22/h4-13,16,19,26,35H,14-15,17-18H2,1-3H3,(H,29,37)/t26-/m0/s1. The van der Waals surface area contributed by atoms with Crippen LogP contribution in [-0.4, -0.2) is 48.6 Å². The first-order valence-corrected chi connectivity index (χ1v) is 12.5. The van der Waals surface area contributed by atoms with Crippen LogP contribution in [-0.2, 0) is 22.7 Å². The van der Waals surface area contributed by atoms with Crippen molar-refractivity contribution in [2.24, 2.45) is 5.92 Å². The monoisotopic (exact) mass is 516 g/mol. The summed E-state index contributed by atoms with van der Waals surface area (Å²) in [4.78, 5) is 29.9. The number of phenolic OH excluding ortho intramolecular Hbond substituents is 1. The van der Waals surface area contributed by atoms with Crippen LogP contribution in [0.1, 0.15) is 43.2 Å². The minimum absolute atomic E-state index is 0.0501. The zero-order chi connectivity index (χ0) is 27.1. The first-order chi connectivity index (χ1) is 18.3. The van der Waals surface area contributed by atoms with Gasteiger partial charge in [0, 0.05) is 12.1 Å². The molecule has 38 heavy (non-hydrogen) atoms. The van der Waals surface area contributed by atoms with Crippen molar-refractivity contribution in [1.82, 2.24) is 30.4 Å². The van der Waals surface area contributed by atoms with Crippen molar-refractivity contribution < 1.29 is 19.1 Å². The number of furan rings is 1. The molecule has 0 fully saturated rings. The molecule has 1 atom stereocenters. The van der Waals surface area contributed by atoms with Crippen molar-refractivity contribution in [2.45, 2.75) is 46.3 Å². The molecule has 2 heterocycles. The maximum Gasteiger partial charge on any atom is 0.247 e. The predicted molar refractivity (Wildman–Crippen MR) is 141 cm³/mol. The summed E-state index contributed by atoms with van der Waals surface area (Å²) < 4.78 is 5.52. The van der Waals surface area contributed by atoms with Gasteiger partial charge in [0.1, 0.15) is 24.1 Å². The molecule has 10 nitrogen and oxygen atoms in total. The number of rotatable bonds is 11. The number of aromatic hydroxyl groups is 1. The van der Waals surface area contributed by atoms with Crippen LogP contribution in [0.3, 0.4) is 0 Å². The lowest BCUT2D eigenvalue weighted by molar-refractivity contribution is -0.142. The smallest absolute Gasteiger partial charge is 0.247 e. The first kappa shape index (κ1) is 26.6. The zero-order valence-electron chi connectivity index (χ0n) is 21.7. The molecule has 0 aliphatic carbocycles. The average Bonchev–Trinajstić information content (AvgIpc) is 3.57. The molecule has 0 radical (unpaired) electrons. The number of phenols is 1. The second kappa shape index (κ2) is 12.2. The Morgan fingerprint density at radius 1 is 1.08 bits per heavy atom. The number of nitrogens with one attached hydrogen (secondary N) is 1. The van der Waals surface area contributed by atoms with Gasteiger partial charge in [-0.25, -0.2) is 0 Å². The van der Waals surface area contributed by atoms with Crippen molar-refractivity contribution in [3.05, 3.63) is 83.8 Å². The van der Waals surface area contributed by atoms with Crippen molar-refractivity contribution in [1.29, 1.82) is 0 Å². The van der Waals surface area contributed by atoms with Gasteiger partial charge in [-0.1, -0.05) is 55.8 Å². The van der Waals surface area contributed by atoms with E-state index >= 15 is 0 Å². The normalized spacial score (nSPS) is 11.9. The summed E-state index contributed by atoms with van der Waals surface area (Å²) in [5.41, 5.74) is 2.45. The molecule has 2 amide bonds. The maximum absolute atomic E-state index is 13.7. The summed E-state index contributed by atoms with van der Waals surface area (Å²) in [6.45, 7) is 6.43. The van der Waals surface area contributed by atoms with Crippen molar-refractivity contribution >= 4 is 11.8 Å².